The van der Waals surface area contributed by atoms with Crippen LogP contribution < -0.4 is 0 Å². The van der Waals surface area contributed by atoms with E-state index in [0.717, 1.165) is 31.6 Å². The number of carboxylic acid groups (broad SMARTS) is 1. The largest absolute Gasteiger partial charge is 0.481 e. The first kappa shape index (κ1) is 16.3. The zero-order chi connectivity index (χ0) is 15.5. The van der Waals surface area contributed by atoms with E-state index in [1.165, 1.54) is 11.8 Å². The van der Waals surface area contributed by atoms with Crippen molar-refractivity contribution >= 4 is 17.7 Å². The number of aromatic nitrogens is 3. The van der Waals surface area contributed by atoms with Gasteiger partial charge < -0.3 is 14.4 Å². The molecule has 6 nitrogen and oxygen atoms in total. The van der Waals surface area contributed by atoms with E-state index in [2.05, 4.69) is 28.6 Å². The lowest BCUT2D eigenvalue weighted by Gasteiger charge is -2.26. The van der Waals surface area contributed by atoms with Gasteiger partial charge in [0.25, 0.3) is 0 Å². The fourth-order valence-electron chi connectivity index (χ4n) is 2.21. The van der Waals surface area contributed by atoms with Crippen molar-refractivity contribution in [3.63, 3.8) is 0 Å². The van der Waals surface area contributed by atoms with Gasteiger partial charge in [-0.1, -0.05) is 25.6 Å². The zero-order valence-electron chi connectivity index (χ0n) is 12.8. The molecule has 1 aliphatic rings. The molecule has 0 atom stereocenters. The van der Waals surface area contributed by atoms with E-state index in [1.807, 2.05) is 0 Å². The third-order valence-electron chi connectivity index (χ3n) is 3.58. The molecule has 1 aliphatic carbocycles. The van der Waals surface area contributed by atoms with Crippen LogP contribution in [0.3, 0.4) is 0 Å². The molecule has 0 aromatic carbocycles. The van der Waals surface area contributed by atoms with Crippen molar-refractivity contribution in [3.8, 4) is 0 Å². The lowest BCUT2D eigenvalue weighted by atomic mass is 9.89. The molecule has 2 rings (SSSR count). The number of nitrogens with zero attached hydrogens (tertiary/aromatic N) is 3. The Morgan fingerprint density at radius 2 is 2.19 bits per heavy atom. The molecule has 118 valence electrons. The Hall–Kier alpha value is -1.08. The molecule has 0 spiro atoms. The summed E-state index contributed by atoms with van der Waals surface area (Å²) >= 11 is 1.24. The third-order valence-corrected chi connectivity index (χ3v) is 4.53. The van der Waals surface area contributed by atoms with Crippen LogP contribution >= 0.6 is 11.8 Å². The summed E-state index contributed by atoms with van der Waals surface area (Å²) in [6.45, 7) is 5.88. The van der Waals surface area contributed by atoms with Gasteiger partial charge >= 0.3 is 5.97 Å². The molecule has 0 aliphatic heterocycles. The summed E-state index contributed by atoms with van der Waals surface area (Å²) in [6.07, 6.45) is 3.25. The molecule has 0 radical (unpaired) electrons. The quantitative estimate of drug-likeness (QED) is 0.705. The summed E-state index contributed by atoms with van der Waals surface area (Å²) in [7, 11) is 1.71. The minimum Gasteiger partial charge on any atom is -0.481 e. The highest BCUT2D eigenvalue weighted by molar-refractivity contribution is 7.99. The lowest BCUT2D eigenvalue weighted by Crippen LogP contribution is -2.23. The van der Waals surface area contributed by atoms with E-state index < -0.39 is 5.97 Å². The zero-order valence-corrected chi connectivity index (χ0v) is 13.7. The molecule has 1 heterocycles. The predicted molar refractivity (Wildman–Crippen MR) is 80.6 cm³/mol. The average Bonchev–Trinajstić information content (AvgIpc) is 3.17. The van der Waals surface area contributed by atoms with Crippen LogP contribution in [0.2, 0.25) is 0 Å². The van der Waals surface area contributed by atoms with Crippen molar-refractivity contribution in [1.29, 1.82) is 0 Å². The molecule has 0 amide bonds. The van der Waals surface area contributed by atoms with Gasteiger partial charge in [-0.25, -0.2) is 0 Å². The Labute approximate surface area is 129 Å². The molecular weight excluding hydrogens is 290 g/mol. The average molecular weight is 313 g/mol. The second-order valence-corrected chi connectivity index (χ2v) is 7.23. The maximum atomic E-state index is 10.8. The van der Waals surface area contributed by atoms with Gasteiger partial charge in [-0.05, 0) is 24.7 Å². The van der Waals surface area contributed by atoms with E-state index in [9.17, 15) is 4.79 Å². The molecule has 1 aromatic heterocycles. The van der Waals surface area contributed by atoms with Crippen LogP contribution in [0.25, 0.3) is 0 Å². The van der Waals surface area contributed by atoms with Gasteiger partial charge in [0.2, 0.25) is 0 Å². The molecule has 1 saturated carbocycles. The lowest BCUT2D eigenvalue weighted by molar-refractivity contribution is -0.133. The summed E-state index contributed by atoms with van der Waals surface area (Å²) in [5, 5.41) is 18.0. The SMILES string of the molecule is COCCC(C)(C)Cn1c(SCC(=O)O)nnc1C1CC1. The molecule has 7 heteroatoms. The smallest absolute Gasteiger partial charge is 0.313 e. The van der Waals surface area contributed by atoms with E-state index in [0.29, 0.717) is 17.7 Å². The number of methoxy groups -OCH3 is 1. The Morgan fingerprint density at radius 1 is 1.48 bits per heavy atom. The number of thioether (sulfide) groups is 1. The summed E-state index contributed by atoms with van der Waals surface area (Å²) in [5.74, 6) is 0.686. The number of aliphatic carboxylic acids is 1. The first-order valence-electron chi connectivity index (χ1n) is 7.19. The third kappa shape index (κ3) is 4.71. The monoisotopic (exact) mass is 313 g/mol. The number of ether oxygens (including phenoxy) is 1. The Morgan fingerprint density at radius 3 is 2.76 bits per heavy atom. The minimum atomic E-state index is -0.832. The highest BCUT2D eigenvalue weighted by Gasteiger charge is 2.32. The van der Waals surface area contributed by atoms with Gasteiger partial charge in [0, 0.05) is 26.2 Å². The molecule has 0 unspecified atom stereocenters. The van der Waals surface area contributed by atoms with Crippen molar-refractivity contribution in [2.45, 2.75) is 50.7 Å². The summed E-state index contributed by atoms with van der Waals surface area (Å²) in [5.41, 5.74) is 0.0561. The van der Waals surface area contributed by atoms with E-state index in [4.69, 9.17) is 9.84 Å². The molecule has 1 fully saturated rings. The molecule has 1 N–H and O–H groups in total. The van der Waals surface area contributed by atoms with E-state index in [1.54, 1.807) is 7.11 Å². The second kappa shape index (κ2) is 6.79. The number of hydrogen-bond donors (Lipinski definition) is 1. The van der Waals surface area contributed by atoms with Crippen molar-refractivity contribution in [2.75, 3.05) is 19.5 Å². The molecule has 0 bridgehead atoms. The first-order valence-corrected chi connectivity index (χ1v) is 8.18. The number of hydrogen-bond acceptors (Lipinski definition) is 5. The van der Waals surface area contributed by atoms with Crippen molar-refractivity contribution in [2.24, 2.45) is 5.41 Å². The predicted octanol–water partition coefficient (Wildman–Crippen LogP) is 2.39. The van der Waals surface area contributed by atoms with Crippen LogP contribution in [0, 0.1) is 5.41 Å². The van der Waals surface area contributed by atoms with Crippen LogP contribution in [-0.2, 0) is 16.1 Å². The first-order chi connectivity index (χ1) is 9.93. The van der Waals surface area contributed by atoms with Gasteiger partial charge in [-0.15, -0.1) is 10.2 Å². The van der Waals surface area contributed by atoms with Gasteiger partial charge in [0.05, 0.1) is 5.75 Å². The summed E-state index contributed by atoms with van der Waals surface area (Å²) < 4.78 is 7.28. The molecule has 0 saturated heterocycles. The Bertz CT molecular complexity index is 498. The van der Waals surface area contributed by atoms with Crippen LogP contribution in [0.1, 0.15) is 44.9 Å². The summed E-state index contributed by atoms with van der Waals surface area (Å²) in [4.78, 5) is 10.8. The maximum Gasteiger partial charge on any atom is 0.313 e. The second-order valence-electron chi connectivity index (χ2n) is 6.29. The standard InChI is InChI=1S/C14H23N3O3S/c1-14(2,6-7-20-3)9-17-12(10-4-5-10)15-16-13(17)21-8-11(18)19/h10H,4-9H2,1-3H3,(H,18,19). The van der Waals surface area contributed by atoms with Gasteiger partial charge in [0.15, 0.2) is 5.16 Å². The number of carbonyl (C=O) groups is 1. The van der Waals surface area contributed by atoms with E-state index >= 15 is 0 Å². The fraction of sp³-hybridized carbons (Fsp3) is 0.786. The molecular formula is C14H23N3O3S. The Kier molecular flexibility index (Phi) is 5.27. The molecule has 21 heavy (non-hydrogen) atoms. The number of rotatable bonds is 9. The maximum absolute atomic E-state index is 10.8. The minimum absolute atomic E-state index is 0.0152. The van der Waals surface area contributed by atoms with Crippen LogP contribution in [0.5, 0.6) is 0 Å². The van der Waals surface area contributed by atoms with E-state index in [-0.39, 0.29) is 11.2 Å². The molecule has 1 aromatic rings. The van der Waals surface area contributed by atoms with Crippen molar-refractivity contribution < 1.29 is 14.6 Å². The van der Waals surface area contributed by atoms with Crippen molar-refractivity contribution in [1.82, 2.24) is 14.8 Å². The topological polar surface area (TPSA) is 77.2 Å². The summed E-state index contributed by atoms with van der Waals surface area (Å²) in [6, 6.07) is 0. The van der Waals surface area contributed by atoms with Crippen LogP contribution in [0.4, 0.5) is 0 Å². The van der Waals surface area contributed by atoms with Gasteiger partial charge in [-0.2, -0.15) is 0 Å². The Balaban J connectivity index is 2.14. The van der Waals surface area contributed by atoms with Crippen LogP contribution in [-0.4, -0.2) is 45.3 Å². The highest BCUT2D eigenvalue weighted by atomic mass is 32.2. The van der Waals surface area contributed by atoms with Crippen molar-refractivity contribution in [3.05, 3.63) is 5.82 Å². The van der Waals surface area contributed by atoms with Gasteiger partial charge in [0.1, 0.15) is 5.82 Å². The number of carboxylic acids is 1. The fourth-order valence-corrected chi connectivity index (χ4v) is 2.88. The normalized spacial score (nSPS) is 15.4. The van der Waals surface area contributed by atoms with Gasteiger partial charge in [-0.3, -0.25) is 4.79 Å². The van der Waals surface area contributed by atoms with Crippen LogP contribution in [0.15, 0.2) is 5.16 Å². The highest BCUT2D eigenvalue weighted by Crippen LogP contribution is 2.41.